The van der Waals surface area contributed by atoms with Crippen LogP contribution in [0.4, 0.5) is 20.2 Å². The number of carbonyl (C=O) groups excluding carboxylic acids is 1. The fraction of sp³-hybridized carbons (Fsp3) is 0.294. The molecule has 0 aliphatic carbocycles. The molecular formula is C17H17F2N3O3S. The van der Waals surface area contributed by atoms with E-state index < -0.39 is 33.4 Å². The number of hydrogen-bond donors (Lipinski definition) is 1. The number of aromatic nitrogens is 1. The van der Waals surface area contributed by atoms with Crippen LogP contribution in [0, 0.1) is 11.6 Å². The normalized spacial score (nSPS) is 18.5. The van der Waals surface area contributed by atoms with Gasteiger partial charge in [0.1, 0.15) is 23.0 Å². The minimum absolute atomic E-state index is 0.0525. The lowest BCUT2D eigenvalue weighted by atomic mass is 10.2. The first-order valence-corrected chi connectivity index (χ1v) is 9.73. The van der Waals surface area contributed by atoms with E-state index >= 15 is 0 Å². The summed E-state index contributed by atoms with van der Waals surface area (Å²) in [7, 11) is -1.60. The number of amides is 1. The van der Waals surface area contributed by atoms with Crippen LogP contribution in [-0.4, -0.2) is 48.8 Å². The number of nitrogens with one attached hydrogen (secondary N) is 1. The van der Waals surface area contributed by atoms with Crippen LogP contribution in [-0.2, 0) is 9.84 Å². The summed E-state index contributed by atoms with van der Waals surface area (Å²) in [5.41, 5.74) is 0.0191. The maximum atomic E-state index is 13.8. The van der Waals surface area contributed by atoms with E-state index in [1.807, 2.05) is 0 Å². The molecule has 1 saturated heterocycles. The lowest BCUT2D eigenvalue weighted by Gasteiger charge is -2.23. The van der Waals surface area contributed by atoms with Crippen molar-refractivity contribution in [2.45, 2.75) is 12.5 Å². The molecule has 0 spiro atoms. The van der Waals surface area contributed by atoms with Gasteiger partial charge in [0.05, 0.1) is 11.5 Å². The second-order valence-corrected chi connectivity index (χ2v) is 8.35. The number of rotatable bonds is 4. The van der Waals surface area contributed by atoms with Crippen molar-refractivity contribution in [2.75, 3.05) is 23.9 Å². The zero-order valence-electron chi connectivity index (χ0n) is 13.9. The van der Waals surface area contributed by atoms with Crippen LogP contribution in [0.3, 0.4) is 0 Å². The van der Waals surface area contributed by atoms with E-state index in [1.54, 1.807) is 0 Å². The van der Waals surface area contributed by atoms with Crippen molar-refractivity contribution >= 4 is 27.1 Å². The molecule has 1 unspecified atom stereocenters. The van der Waals surface area contributed by atoms with E-state index in [1.165, 1.54) is 36.3 Å². The number of para-hydroxylation sites is 1. The Hall–Kier alpha value is -2.55. The summed E-state index contributed by atoms with van der Waals surface area (Å²) in [5, 5.41) is 2.60. The Labute approximate surface area is 149 Å². The zero-order chi connectivity index (χ0) is 18.9. The standard InChI is InChI=1S/C17H17F2N3O3S/c1-22(12-6-8-26(24,25)10-12)17(23)15-9-11(5-7-20-15)21-16-13(18)3-2-4-14(16)19/h2-5,7,9,12H,6,8,10H2,1H3,(H,20,21). The highest BCUT2D eigenvalue weighted by atomic mass is 32.2. The molecule has 0 saturated carbocycles. The molecule has 2 aromatic rings. The SMILES string of the molecule is CN(C(=O)c1cc(Nc2c(F)cccc2F)ccn1)C1CCS(=O)(=O)C1. The summed E-state index contributed by atoms with van der Waals surface area (Å²) in [6.07, 6.45) is 1.72. The quantitative estimate of drug-likeness (QED) is 0.880. The van der Waals surface area contributed by atoms with Gasteiger partial charge < -0.3 is 10.2 Å². The molecule has 3 rings (SSSR count). The van der Waals surface area contributed by atoms with Gasteiger partial charge in [0.25, 0.3) is 5.91 Å². The molecule has 0 radical (unpaired) electrons. The smallest absolute Gasteiger partial charge is 0.272 e. The van der Waals surface area contributed by atoms with Gasteiger partial charge in [-0.3, -0.25) is 9.78 Å². The molecular weight excluding hydrogens is 364 g/mol. The molecule has 1 amide bonds. The third-order valence-corrected chi connectivity index (χ3v) is 6.04. The van der Waals surface area contributed by atoms with Crippen LogP contribution in [0.2, 0.25) is 0 Å². The van der Waals surface area contributed by atoms with Crippen molar-refractivity contribution in [2.24, 2.45) is 0 Å². The van der Waals surface area contributed by atoms with E-state index in [0.29, 0.717) is 12.1 Å². The van der Waals surface area contributed by atoms with Crippen molar-refractivity contribution < 1.29 is 22.0 Å². The number of anilines is 2. The lowest BCUT2D eigenvalue weighted by Crippen LogP contribution is -2.38. The number of carbonyl (C=O) groups is 1. The number of pyridine rings is 1. The first kappa shape index (κ1) is 18.2. The maximum absolute atomic E-state index is 13.8. The summed E-state index contributed by atoms with van der Waals surface area (Å²) < 4.78 is 50.7. The van der Waals surface area contributed by atoms with Gasteiger partial charge in [-0.2, -0.15) is 0 Å². The maximum Gasteiger partial charge on any atom is 0.272 e. The molecule has 6 nitrogen and oxygen atoms in total. The van der Waals surface area contributed by atoms with Crippen LogP contribution >= 0.6 is 0 Å². The minimum Gasteiger partial charge on any atom is -0.351 e. The summed E-state index contributed by atoms with van der Waals surface area (Å²) in [4.78, 5) is 17.9. The third-order valence-electron chi connectivity index (χ3n) is 4.29. The largest absolute Gasteiger partial charge is 0.351 e. The zero-order valence-corrected chi connectivity index (χ0v) is 14.8. The van der Waals surface area contributed by atoms with E-state index in [0.717, 1.165) is 12.1 Å². The molecule has 138 valence electrons. The number of hydrogen-bond acceptors (Lipinski definition) is 5. The molecule has 1 aromatic carbocycles. The van der Waals surface area contributed by atoms with Crippen LogP contribution < -0.4 is 5.32 Å². The van der Waals surface area contributed by atoms with Gasteiger partial charge in [-0.15, -0.1) is 0 Å². The van der Waals surface area contributed by atoms with E-state index in [2.05, 4.69) is 10.3 Å². The Bertz CT molecular complexity index is 930. The predicted molar refractivity (Wildman–Crippen MR) is 93.0 cm³/mol. The third kappa shape index (κ3) is 3.82. The average Bonchev–Trinajstić information content (AvgIpc) is 2.97. The first-order chi connectivity index (χ1) is 12.3. The van der Waals surface area contributed by atoms with Crippen molar-refractivity contribution in [3.8, 4) is 0 Å². The van der Waals surface area contributed by atoms with Gasteiger partial charge in [0.15, 0.2) is 9.84 Å². The van der Waals surface area contributed by atoms with Gasteiger partial charge >= 0.3 is 0 Å². The predicted octanol–water partition coefficient (Wildman–Crippen LogP) is 2.36. The Morgan fingerprint density at radius 3 is 2.58 bits per heavy atom. The second kappa shape index (κ2) is 6.99. The van der Waals surface area contributed by atoms with Crippen molar-refractivity contribution in [3.05, 3.63) is 53.9 Å². The summed E-state index contributed by atoms with van der Waals surface area (Å²) in [6.45, 7) is 0. The Morgan fingerprint density at radius 2 is 1.96 bits per heavy atom. The molecule has 1 aliphatic rings. The Morgan fingerprint density at radius 1 is 1.27 bits per heavy atom. The molecule has 1 atom stereocenters. The van der Waals surface area contributed by atoms with Crippen molar-refractivity contribution in [3.63, 3.8) is 0 Å². The first-order valence-electron chi connectivity index (χ1n) is 7.91. The van der Waals surface area contributed by atoms with Crippen LogP contribution in [0.25, 0.3) is 0 Å². The summed E-state index contributed by atoms with van der Waals surface area (Å²) in [6, 6.07) is 5.92. The summed E-state index contributed by atoms with van der Waals surface area (Å²) in [5.74, 6) is -2.00. The molecule has 0 bridgehead atoms. The molecule has 1 N–H and O–H groups in total. The molecule has 2 heterocycles. The fourth-order valence-corrected chi connectivity index (χ4v) is 4.59. The van der Waals surface area contributed by atoms with Gasteiger partial charge in [0.2, 0.25) is 0 Å². The molecule has 1 fully saturated rings. The highest BCUT2D eigenvalue weighted by Gasteiger charge is 2.33. The number of benzene rings is 1. The topological polar surface area (TPSA) is 79.4 Å². The Balaban J connectivity index is 1.80. The van der Waals surface area contributed by atoms with Crippen molar-refractivity contribution in [1.29, 1.82) is 0 Å². The number of sulfone groups is 1. The van der Waals surface area contributed by atoms with Gasteiger partial charge in [-0.05, 0) is 30.7 Å². The lowest BCUT2D eigenvalue weighted by molar-refractivity contribution is 0.0742. The highest BCUT2D eigenvalue weighted by Crippen LogP contribution is 2.24. The molecule has 9 heteroatoms. The molecule has 26 heavy (non-hydrogen) atoms. The molecule has 1 aromatic heterocycles. The van der Waals surface area contributed by atoms with Crippen molar-refractivity contribution in [1.82, 2.24) is 9.88 Å². The fourth-order valence-electron chi connectivity index (χ4n) is 2.81. The van der Waals surface area contributed by atoms with E-state index in [-0.39, 0.29) is 22.9 Å². The van der Waals surface area contributed by atoms with Crippen LogP contribution in [0.15, 0.2) is 36.5 Å². The number of halogens is 2. The molecule has 1 aliphatic heterocycles. The summed E-state index contributed by atoms with van der Waals surface area (Å²) >= 11 is 0. The minimum atomic E-state index is -3.12. The van der Waals surface area contributed by atoms with Gasteiger partial charge in [0, 0.05) is 25.0 Å². The highest BCUT2D eigenvalue weighted by molar-refractivity contribution is 7.91. The van der Waals surface area contributed by atoms with Gasteiger partial charge in [-0.25, -0.2) is 17.2 Å². The Kier molecular flexibility index (Phi) is 4.90. The van der Waals surface area contributed by atoms with E-state index in [9.17, 15) is 22.0 Å². The van der Waals surface area contributed by atoms with E-state index in [4.69, 9.17) is 0 Å². The van der Waals surface area contributed by atoms with Crippen LogP contribution in [0.5, 0.6) is 0 Å². The average molecular weight is 381 g/mol. The van der Waals surface area contributed by atoms with Gasteiger partial charge in [-0.1, -0.05) is 6.07 Å². The van der Waals surface area contributed by atoms with Crippen LogP contribution in [0.1, 0.15) is 16.9 Å². The second-order valence-electron chi connectivity index (χ2n) is 6.12. The monoisotopic (exact) mass is 381 g/mol. The number of nitrogens with zero attached hydrogens (tertiary/aromatic N) is 2.